The van der Waals surface area contributed by atoms with Crippen molar-refractivity contribution in [2.24, 2.45) is 5.92 Å². The highest BCUT2D eigenvalue weighted by Crippen LogP contribution is 2.25. The molecular weight excluding hydrogens is 292 g/mol. The molecule has 22 heavy (non-hydrogen) atoms. The van der Waals surface area contributed by atoms with E-state index < -0.39 is 0 Å². The van der Waals surface area contributed by atoms with E-state index in [1.165, 1.54) is 11.3 Å². The van der Waals surface area contributed by atoms with Crippen molar-refractivity contribution in [3.05, 3.63) is 52.0 Å². The van der Waals surface area contributed by atoms with Gasteiger partial charge >= 0.3 is 0 Å². The highest BCUT2D eigenvalue weighted by atomic mass is 32.1. The molecule has 2 heterocycles. The number of ether oxygens (including phenoxy) is 1. The van der Waals surface area contributed by atoms with Crippen LogP contribution in [0.4, 0.5) is 0 Å². The molecule has 1 aliphatic heterocycles. The van der Waals surface area contributed by atoms with Gasteiger partial charge in [-0.1, -0.05) is 30.3 Å². The molecule has 3 nitrogen and oxygen atoms in total. The van der Waals surface area contributed by atoms with E-state index in [0.717, 1.165) is 37.5 Å². The zero-order valence-corrected chi connectivity index (χ0v) is 14.2. The number of hydrogen-bond donors (Lipinski definition) is 0. The third-order valence-corrected chi connectivity index (χ3v) is 5.27. The number of piperidine rings is 1. The number of benzene rings is 1. The van der Waals surface area contributed by atoms with Gasteiger partial charge in [0.2, 0.25) is 0 Å². The Morgan fingerprint density at radius 1 is 1.32 bits per heavy atom. The minimum Gasteiger partial charge on any atom is -0.381 e. The van der Waals surface area contributed by atoms with Crippen molar-refractivity contribution in [2.75, 3.05) is 20.2 Å². The fourth-order valence-electron chi connectivity index (χ4n) is 3.36. The molecule has 0 amide bonds. The predicted molar refractivity (Wildman–Crippen MR) is 91.2 cm³/mol. The van der Waals surface area contributed by atoms with E-state index >= 15 is 0 Å². The second-order valence-corrected chi connectivity index (χ2v) is 7.17. The van der Waals surface area contributed by atoms with E-state index in [1.807, 2.05) is 7.11 Å². The molecule has 1 aliphatic rings. The molecule has 0 aliphatic carbocycles. The molecule has 1 aromatic carbocycles. The van der Waals surface area contributed by atoms with Crippen LogP contribution >= 0.6 is 11.3 Å². The summed E-state index contributed by atoms with van der Waals surface area (Å²) in [6, 6.07) is 10.8. The quantitative estimate of drug-likeness (QED) is 0.844. The van der Waals surface area contributed by atoms with Gasteiger partial charge in [0, 0.05) is 38.0 Å². The van der Waals surface area contributed by atoms with E-state index in [1.54, 1.807) is 11.3 Å². The summed E-state index contributed by atoms with van der Waals surface area (Å²) < 4.78 is 5.74. The van der Waals surface area contributed by atoms with Gasteiger partial charge in [-0.3, -0.25) is 4.90 Å². The summed E-state index contributed by atoms with van der Waals surface area (Å²) in [5.41, 5.74) is 2.61. The Balaban J connectivity index is 1.64. The molecule has 4 heteroatoms. The number of rotatable bonds is 5. The van der Waals surface area contributed by atoms with Crippen LogP contribution in [0.25, 0.3) is 0 Å². The van der Waals surface area contributed by atoms with Gasteiger partial charge in [-0.15, -0.1) is 11.3 Å². The van der Waals surface area contributed by atoms with E-state index in [2.05, 4.69) is 52.5 Å². The first-order valence-electron chi connectivity index (χ1n) is 7.94. The number of thiazole rings is 1. The van der Waals surface area contributed by atoms with Crippen LogP contribution in [0.5, 0.6) is 0 Å². The standard InChI is InChI=1S/C18H24N2OS/c1-14-19-17(13-22-14)12-20-9-8-18(21-2)16(11-20)10-15-6-4-3-5-7-15/h3-7,13,16,18H,8-12H2,1-2H3/t16-,18-/m0/s1. The van der Waals surface area contributed by atoms with Gasteiger partial charge < -0.3 is 4.74 Å². The van der Waals surface area contributed by atoms with Crippen molar-refractivity contribution in [3.8, 4) is 0 Å². The second kappa shape index (κ2) is 7.36. The van der Waals surface area contributed by atoms with Crippen LogP contribution in [0, 0.1) is 12.8 Å². The fourth-order valence-corrected chi connectivity index (χ4v) is 3.97. The van der Waals surface area contributed by atoms with Crippen LogP contribution in [0.15, 0.2) is 35.7 Å². The second-order valence-electron chi connectivity index (χ2n) is 6.11. The van der Waals surface area contributed by atoms with Crippen molar-refractivity contribution in [1.82, 2.24) is 9.88 Å². The lowest BCUT2D eigenvalue weighted by Gasteiger charge is -2.37. The third-order valence-electron chi connectivity index (χ3n) is 4.44. The molecule has 0 saturated carbocycles. The van der Waals surface area contributed by atoms with Crippen molar-refractivity contribution in [3.63, 3.8) is 0 Å². The summed E-state index contributed by atoms with van der Waals surface area (Å²) in [6.07, 6.45) is 2.57. The third kappa shape index (κ3) is 3.94. The number of aryl methyl sites for hydroxylation is 1. The van der Waals surface area contributed by atoms with Gasteiger partial charge in [0.05, 0.1) is 16.8 Å². The molecule has 0 radical (unpaired) electrons. The van der Waals surface area contributed by atoms with Gasteiger partial charge in [-0.2, -0.15) is 0 Å². The maximum Gasteiger partial charge on any atom is 0.0897 e. The lowest BCUT2D eigenvalue weighted by atomic mass is 9.88. The van der Waals surface area contributed by atoms with Crippen LogP contribution in [-0.4, -0.2) is 36.2 Å². The highest BCUT2D eigenvalue weighted by Gasteiger charge is 2.29. The topological polar surface area (TPSA) is 25.4 Å². The van der Waals surface area contributed by atoms with Gasteiger partial charge in [-0.25, -0.2) is 4.98 Å². The summed E-state index contributed by atoms with van der Waals surface area (Å²) >= 11 is 1.74. The molecule has 0 spiro atoms. The molecule has 0 bridgehead atoms. The molecule has 118 valence electrons. The summed E-state index contributed by atoms with van der Waals surface area (Å²) in [6.45, 7) is 5.22. The van der Waals surface area contributed by atoms with Crippen LogP contribution in [0.2, 0.25) is 0 Å². The lowest BCUT2D eigenvalue weighted by molar-refractivity contribution is -0.00874. The normalized spacial score (nSPS) is 22.8. The molecule has 0 N–H and O–H groups in total. The van der Waals surface area contributed by atoms with E-state index in [9.17, 15) is 0 Å². The largest absolute Gasteiger partial charge is 0.381 e. The first-order chi connectivity index (χ1) is 10.7. The van der Waals surface area contributed by atoms with Crippen molar-refractivity contribution < 1.29 is 4.74 Å². The fraction of sp³-hybridized carbons (Fsp3) is 0.500. The van der Waals surface area contributed by atoms with Crippen LogP contribution in [-0.2, 0) is 17.7 Å². The molecule has 2 aromatic rings. The van der Waals surface area contributed by atoms with Crippen LogP contribution in [0.1, 0.15) is 22.7 Å². The van der Waals surface area contributed by atoms with Crippen LogP contribution in [0.3, 0.4) is 0 Å². The van der Waals surface area contributed by atoms with Gasteiger partial charge in [-0.05, 0) is 25.3 Å². The van der Waals surface area contributed by atoms with Gasteiger partial charge in [0.25, 0.3) is 0 Å². The molecule has 0 unspecified atom stereocenters. The SMILES string of the molecule is CO[C@H]1CCN(Cc2csc(C)n2)C[C@@H]1Cc1ccccc1. The molecule has 1 aromatic heterocycles. The first-order valence-corrected chi connectivity index (χ1v) is 8.82. The molecule has 3 rings (SSSR count). The summed E-state index contributed by atoms with van der Waals surface area (Å²) in [5.74, 6) is 0.556. The van der Waals surface area contributed by atoms with E-state index in [0.29, 0.717) is 12.0 Å². The Morgan fingerprint density at radius 3 is 2.82 bits per heavy atom. The first kappa shape index (κ1) is 15.7. The predicted octanol–water partition coefficient (Wildman–Crippen LogP) is 3.53. The zero-order valence-electron chi connectivity index (χ0n) is 13.4. The van der Waals surface area contributed by atoms with Gasteiger partial charge in [0.15, 0.2) is 0 Å². The van der Waals surface area contributed by atoms with Crippen molar-refractivity contribution in [1.29, 1.82) is 0 Å². The Hall–Kier alpha value is -1.23. The number of hydrogen-bond acceptors (Lipinski definition) is 4. The smallest absolute Gasteiger partial charge is 0.0897 e. The number of likely N-dealkylation sites (tertiary alicyclic amines) is 1. The maximum atomic E-state index is 5.74. The van der Waals surface area contributed by atoms with E-state index in [-0.39, 0.29) is 0 Å². The average molecular weight is 316 g/mol. The number of methoxy groups -OCH3 is 1. The summed E-state index contributed by atoms with van der Waals surface area (Å²) in [4.78, 5) is 7.12. The Morgan fingerprint density at radius 2 is 2.14 bits per heavy atom. The Labute approximate surface area is 137 Å². The molecule has 1 saturated heterocycles. The molecular formula is C18H24N2OS. The molecule has 1 fully saturated rings. The minimum atomic E-state index is 0.369. The monoisotopic (exact) mass is 316 g/mol. The average Bonchev–Trinajstić information content (AvgIpc) is 2.94. The van der Waals surface area contributed by atoms with Crippen molar-refractivity contribution >= 4 is 11.3 Å². The number of aromatic nitrogens is 1. The Kier molecular flexibility index (Phi) is 5.24. The molecule has 2 atom stereocenters. The maximum absolute atomic E-state index is 5.74. The lowest BCUT2D eigenvalue weighted by Crippen LogP contribution is -2.44. The Bertz CT molecular complexity index is 584. The van der Waals surface area contributed by atoms with Crippen molar-refractivity contribution in [2.45, 2.75) is 32.4 Å². The minimum absolute atomic E-state index is 0.369. The summed E-state index contributed by atoms with van der Waals surface area (Å²) in [5, 5.41) is 3.34. The van der Waals surface area contributed by atoms with E-state index in [4.69, 9.17) is 4.74 Å². The summed E-state index contributed by atoms with van der Waals surface area (Å²) in [7, 11) is 1.85. The van der Waals surface area contributed by atoms with Gasteiger partial charge in [0.1, 0.15) is 0 Å². The number of nitrogens with zero attached hydrogens (tertiary/aromatic N) is 2. The van der Waals surface area contributed by atoms with Crippen LogP contribution < -0.4 is 0 Å². The highest BCUT2D eigenvalue weighted by molar-refractivity contribution is 7.09. The zero-order chi connectivity index (χ0) is 15.4.